The molecule has 0 aromatic heterocycles. The van der Waals surface area contributed by atoms with Crippen LogP contribution in [0.15, 0.2) is 261 Å². The molecule has 11 rings (SSSR count). The molecule has 0 aliphatic carbocycles. The van der Waals surface area contributed by atoms with E-state index in [4.69, 9.17) is 0 Å². The van der Waals surface area contributed by atoms with Crippen LogP contribution in [-0.2, 0) is 0 Å². The lowest BCUT2D eigenvalue weighted by Gasteiger charge is -2.30. The fraction of sp³-hybridized carbons (Fsp3) is 0. The summed E-state index contributed by atoms with van der Waals surface area (Å²) >= 11 is 0. The molecule has 0 aliphatic heterocycles. The van der Waals surface area contributed by atoms with Crippen LogP contribution in [0, 0.1) is 0 Å². The van der Waals surface area contributed by atoms with Gasteiger partial charge >= 0.3 is 0 Å². The lowest BCUT2D eigenvalue weighted by atomic mass is 9.92. The molecule has 0 spiro atoms. The van der Waals surface area contributed by atoms with E-state index in [2.05, 4.69) is 266 Å². The second kappa shape index (κ2) is 16.7. The van der Waals surface area contributed by atoms with Gasteiger partial charge in [-0.2, -0.15) is 0 Å². The molecule has 0 saturated carbocycles. The minimum absolute atomic E-state index is 1.07. The summed E-state index contributed by atoms with van der Waals surface area (Å²) in [5.41, 5.74) is 17.3. The van der Waals surface area contributed by atoms with Gasteiger partial charge < -0.3 is 4.90 Å². The first-order valence-electron chi connectivity index (χ1n) is 21.7. The zero-order chi connectivity index (χ0) is 42.0. The number of benzene rings is 11. The van der Waals surface area contributed by atoms with E-state index in [1.54, 1.807) is 0 Å². The van der Waals surface area contributed by atoms with Gasteiger partial charge in [-0.15, -0.1) is 0 Å². The van der Waals surface area contributed by atoms with E-state index < -0.39 is 0 Å². The molecule has 11 aromatic rings. The first-order valence-corrected chi connectivity index (χ1v) is 21.7. The second-order valence-electron chi connectivity index (χ2n) is 16.1. The average Bonchev–Trinajstić information content (AvgIpc) is 3.37. The van der Waals surface area contributed by atoms with E-state index in [9.17, 15) is 0 Å². The summed E-state index contributed by atoms with van der Waals surface area (Å²) in [6.45, 7) is 0. The summed E-state index contributed by atoms with van der Waals surface area (Å²) in [6.07, 6.45) is 0. The van der Waals surface area contributed by atoms with Gasteiger partial charge in [0.2, 0.25) is 0 Å². The van der Waals surface area contributed by atoms with E-state index in [1.807, 2.05) is 0 Å². The van der Waals surface area contributed by atoms with E-state index in [0.29, 0.717) is 0 Å². The number of fused-ring (bicyclic) bond motifs is 3. The molecule has 0 heterocycles. The van der Waals surface area contributed by atoms with Crippen molar-refractivity contribution >= 4 is 38.6 Å². The standard InChI is InChI=1S/C62H43N/c1-5-19-44(20-6-1)48-28-17-29-49(37-48)50-35-36-62(61(42-50)47-25-11-4-12-26-47)63(56-40-53(45-21-7-2-8-22-45)38-54(41-56)46-23-9-3-10-24-46)55-31-18-30-51(39-55)60-43-52-27-13-14-32-57(52)58-33-15-16-34-59(58)60/h1-43H. The number of nitrogens with zero attached hydrogens (tertiary/aromatic N) is 1. The maximum absolute atomic E-state index is 2.47. The predicted molar refractivity (Wildman–Crippen MR) is 269 cm³/mol. The van der Waals surface area contributed by atoms with Crippen LogP contribution in [0.2, 0.25) is 0 Å². The molecule has 63 heavy (non-hydrogen) atoms. The smallest absolute Gasteiger partial charge is 0.0540 e. The highest BCUT2D eigenvalue weighted by molar-refractivity contribution is 6.14. The summed E-state index contributed by atoms with van der Waals surface area (Å²) < 4.78 is 0. The molecular weight excluding hydrogens is 759 g/mol. The Hall–Kier alpha value is -8.26. The Labute approximate surface area is 369 Å². The van der Waals surface area contributed by atoms with Crippen LogP contribution in [-0.4, -0.2) is 0 Å². The molecule has 0 radical (unpaired) electrons. The number of rotatable bonds is 9. The van der Waals surface area contributed by atoms with Crippen molar-refractivity contribution in [3.63, 3.8) is 0 Å². The molecule has 1 heteroatoms. The van der Waals surface area contributed by atoms with Crippen molar-refractivity contribution in [2.75, 3.05) is 4.90 Å². The molecule has 0 bridgehead atoms. The SMILES string of the molecule is c1ccc(-c2cccc(-c3ccc(N(c4cc(-c5ccccc5)cc(-c5ccccc5)c4)c4cccc(-c5cc6ccccc6c6ccccc56)c4)c(-c4ccccc4)c3)c2)cc1. The Morgan fingerprint density at radius 3 is 1.30 bits per heavy atom. The maximum Gasteiger partial charge on any atom is 0.0540 e. The van der Waals surface area contributed by atoms with Crippen LogP contribution in [0.3, 0.4) is 0 Å². The number of hydrogen-bond donors (Lipinski definition) is 0. The molecule has 1 nitrogen and oxygen atoms in total. The van der Waals surface area contributed by atoms with Crippen molar-refractivity contribution < 1.29 is 0 Å². The lowest BCUT2D eigenvalue weighted by molar-refractivity contribution is 1.28. The van der Waals surface area contributed by atoms with Crippen molar-refractivity contribution in [2.45, 2.75) is 0 Å². The van der Waals surface area contributed by atoms with Crippen LogP contribution >= 0.6 is 0 Å². The predicted octanol–water partition coefficient (Wildman–Crippen LogP) is 17.5. The normalized spacial score (nSPS) is 11.2. The molecule has 0 amide bonds. The van der Waals surface area contributed by atoms with Gasteiger partial charge in [-0.1, -0.05) is 206 Å². The fourth-order valence-corrected chi connectivity index (χ4v) is 9.14. The molecular formula is C62H43N. The monoisotopic (exact) mass is 801 g/mol. The Bertz CT molecular complexity index is 3320. The third-order valence-corrected chi connectivity index (χ3v) is 12.2. The Balaban J connectivity index is 1.16. The third-order valence-electron chi connectivity index (χ3n) is 12.2. The molecule has 296 valence electrons. The van der Waals surface area contributed by atoms with Gasteiger partial charge in [-0.3, -0.25) is 0 Å². The van der Waals surface area contributed by atoms with E-state index >= 15 is 0 Å². The lowest BCUT2D eigenvalue weighted by Crippen LogP contribution is -2.12. The van der Waals surface area contributed by atoms with Gasteiger partial charge in [0.25, 0.3) is 0 Å². The molecule has 11 aromatic carbocycles. The number of hydrogen-bond acceptors (Lipinski definition) is 1. The zero-order valence-electron chi connectivity index (χ0n) is 34.8. The van der Waals surface area contributed by atoms with Gasteiger partial charge in [0.1, 0.15) is 0 Å². The zero-order valence-corrected chi connectivity index (χ0v) is 34.8. The Morgan fingerprint density at radius 1 is 0.206 bits per heavy atom. The second-order valence-corrected chi connectivity index (χ2v) is 16.1. The molecule has 0 fully saturated rings. The quantitative estimate of drug-likeness (QED) is 0.131. The highest BCUT2D eigenvalue weighted by Gasteiger charge is 2.21. The van der Waals surface area contributed by atoms with Crippen LogP contribution < -0.4 is 4.90 Å². The highest BCUT2D eigenvalue weighted by atomic mass is 15.1. The van der Waals surface area contributed by atoms with Gasteiger partial charge in [-0.05, 0) is 137 Å². The summed E-state index contributed by atoms with van der Waals surface area (Å²) in [6, 6.07) is 94.9. The topological polar surface area (TPSA) is 3.24 Å². The molecule has 0 atom stereocenters. The van der Waals surface area contributed by atoms with Crippen molar-refractivity contribution in [3.05, 3.63) is 261 Å². The molecule has 0 saturated heterocycles. The fourth-order valence-electron chi connectivity index (χ4n) is 9.14. The number of anilines is 3. The van der Waals surface area contributed by atoms with Crippen LogP contribution in [0.4, 0.5) is 17.1 Å². The van der Waals surface area contributed by atoms with Gasteiger partial charge in [0.05, 0.1) is 5.69 Å². The molecule has 0 unspecified atom stereocenters. The Kier molecular flexibility index (Phi) is 9.97. The molecule has 0 N–H and O–H groups in total. The van der Waals surface area contributed by atoms with Crippen LogP contribution in [0.5, 0.6) is 0 Å². The van der Waals surface area contributed by atoms with Gasteiger partial charge in [0, 0.05) is 16.9 Å². The first-order chi connectivity index (χ1) is 31.2. The van der Waals surface area contributed by atoms with Crippen molar-refractivity contribution in [2.24, 2.45) is 0 Å². The van der Waals surface area contributed by atoms with Gasteiger partial charge in [-0.25, -0.2) is 0 Å². The van der Waals surface area contributed by atoms with Crippen molar-refractivity contribution in [3.8, 4) is 66.8 Å². The summed E-state index contributed by atoms with van der Waals surface area (Å²) in [4.78, 5) is 2.47. The van der Waals surface area contributed by atoms with Crippen LogP contribution in [0.25, 0.3) is 88.3 Å². The largest absolute Gasteiger partial charge is 0.310 e. The van der Waals surface area contributed by atoms with Gasteiger partial charge in [0.15, 0.2) is 0 Å². The Morgan fingerprint density at radius 2 is 0.651 bits per heavy atom. The van der Waals surface area contributed by atoms with Crippen LogP contribution in [0.1, 0.15) is 0 Å². The summed E-state index contributed by atoms with van der Waals surface area (Å²) in [5.74, 6) is 0. The molecule has 0 aliphatic rings. The summed E-state index contributed by atoms with van der Waals surface area (Å²) in [7, 11) is 0. The van der Waals surface area contributed by atoms with E-state index in [0.717, 1.165) is 50.4 Å². The first kappa shape index (κ1) is 37.7. The minimum atomic E-state index is 1.07. The maximum atomic E-state index is 2.47. The summed E-state index contributed by atoms with van der Waals surface area (Å²) in [5, 5.41) is 5.00. The van der Waals surface area contributed by atoms with E-state index in [-0.39, 0.29) is 0 Å². The van der Waals surface area contributed by atoms with Crippen molar-refractivity contribution in [1.82, 2.24) is 0 Å². The minimum Gasteiger partial charge on any atom is -0.310 e. The average molecular weight is 802 g/mol. The third kappa shape index (κ3) is 7.47. The van der Waals surface area contributed by atoms with Crippen molar-refractivity contribution in [1.29, 1.82) is 0 Å². The van der Waals surface area contributed by atoms with E-state index in [1.165, 1.54) is 54.9 Å². The highest BCUT2D eigenvalue weighted by Crippen LogP contribution is 2.46.